The fourth-order valence-corrected chi connectivity index (χ4v) is 5.41. The summed E-state index contributed by atoms with van der Waals surface area (Å²) < 4.78 is 14.6. The second-order valence-corrected chi connectivity index (χ2v) is 9.11. The van der Waals surface area contributed by atoms with Crippen LogP contribution in [0.25, 0.3) is 11.0 Å². The third kappa shape index (κ3) is 2.71. The Morgan fingerprint density at radius 2 is 1.75 bits per heavy atom. The molecule has 0 spiro atoms. The van der Waals surface area contributed by atoms with E-state index in [4.69, 9.17) is 15.2 Å². The highest BCUT2D eigenvalue weighted by molar-refractivity contribution is 6.21. The molecular weight excluding hydrogens is 410 g/mol. The number of anilines is 1. The van der Waals surface area contributed by atoms with Crippen LogP contribution in [-0.2, 0) is 9.47 Å². The van der Waals surface area contributed by atoms with Gasteiger partial charge >= 0.3 is 0 Å². The molecule has 4 atom stereocenters. The lowest BCUT2D eigenvalue weighted by molar-refractivity contribution is -0.160. The summed E-state index contributed by atoms with van der Waals surface area (Å²) in [4.78, 5) is 35.7. The zero-order valence-corrected chi connectivity index (χ0v) is 17.8. The number of imide groups is 1. The maximum atomic E-state index is 12.9. The number of benzene rings is 1. The Bertz CT molecular complexity index is 1230. The van der Waals surface area contributed by atoms with Crippen molar-refractivity contribution >= 4 is 28.7 Å². The first kappa shape index (κ1) is 19.4. The van der Waals surface area contributed by atoms with E-state index in [1.54, 1.807) is 24.3 Å². The van der Waals surface area contributed by atoms with E-state index in [0.29, 0.717) is 23.4 Å². The fraction of sp³-hybridized carbons (Fsp3) is 0.391. The minimum atomic E-state index is -0.759. The highest BCUT2D eigenvalue weighted by Gasteiger charge is 2.55. The van der Waals surface area contributed by atoms with Crippen molar-refractivity contribution < 1.29 is 19.1 Å². The molecule has 4 heterocycles. The summed E-state index contributed by atoms with van der Waals surface area (Å²) in [5, 5.41) is 0.783. The summed E-state index contributed by atoms with van der Waals surface area (Å²) in [7, 11) is 0. The number of carbonyl (C=O) groups excluding carboxylic acids is 2. The third-order valence-corrected chi connectivity index (χ3v) is 6.74. The Balaban J connectivity index is 1.34. The van der Waals surface area contributed by atoms with Crippen molar-refractivity contribution in [1.82, 2.24) is 19.4 Å². The smallest absolute Gasteiger partial charge is 0.261 e. The van der Waals surface area contributed by atoms with Gasteiger partial charge in [0.2, 0.25) is 0 Å². The highest BCUT2D eigenvalue weighted by atomic mass is 16.8. The van der Waals surface area contributed by atoms with Crippen LogP contribution in [0.3, 0.4) is 0 Å². The van der Waals surface area contributed by atoms with Gasteiger partial charge in [-0.15, -0.1) is 0 Å². The summed E-state index contributed by atoms with van der Waals surface area (Å²) in [5.41, 5.74) is 7.67. The molecule has 9 nitrogen and oxygen atoms in total. The minimum Gasteiger partial charge on any atom is -0.383 e. The van der Waals surface area contributed by atoms with E-state index in [1.165, 1.54) is 11.2 Å². The van der Waals surface area contributed by atoms with Crippen LogP contribution in [-0.4, -0.2) is 55.8 Å². The van der Waals surface area contributed by atoms with Crippen LogP contribution in [0.4, 0.5) is 5.82 Å². The predicted octanol–water partition coefficient (Wildman–Crippen LogP) is 2.39. The first-order valence-corrected chi connectivity index (χ1v) is 10.7. The van der Waals surface area contributed by atoms with E-state index in [0.717, 1.165) is 11.0 Å². The van der Waals surface area contributed by atoms with Crippen LogP contribution in [0.1, 0.15) is 47.0 Å². The van der Waals surface area contributed by atoms with Gasteiger partial charge in [0.25, 0.3) is 11.8 Å². The van der Waals surface area contributed by atoms with Gasteiger partial charge in [-0.05, 0) is 38.5 Å². The maximum Gasteiger partial charge on any atom is 0.261 e. The van der Waals surface area contributed by atoms with E-state index in [9.17, 15) is 9.59 Å². The normalized spacial score (nSPS) is 28.5. The number of nitrogens with two attached hydrogens (primary N) is 1. The molecule has 164 valence electrons. The van der Waals surface area contributed by atoms with E-state index >= 15 is 0 Å². The third-order valence-electron chi connectivity index (χ3n) is 6.74. The van der Waals surface area contributed by atoms with E-state index in [1.807, 2.05) is 26.1 Å². The topological polar surface area (TPSA) is 113 Å². The van der Waals surface area contributed by atoms with Crippen molar-refractivity contribution in [2.45, 2.75) is 44.3 Å². The molecule has 0 radical (unpaired) electrons. The average molecular weight is 433 g/mol. The molecule has 32 heavy (non-hydrogen) atoms. The summed E-state index contributed by atoms with van der Waals surface area (Å²) in [6, 6.07) is 8.77. The van der Waals surface area contributed by atoms with Gasteiger partial charge < -0.3 is 19.8 Å². The second-order valence-electron chi connectivity index (χ2n) is 9.11. The van der Waals surface area contributed by atoms with Crippen LogP contribution in [0.2, 0.25) is 0 Å². The monoisotopic (exact) mass is 433 g/mol. The SMILES string of the molecule is CC1(C)O[C@@H]2[C@@H](CN3C(=O)c4ccccc4C3=O)C[C@@H](n3ccc4c(N)ncnc43)[C@@H]2O1. The molecule has 2 fully saturated rings. The highest BCUT2D eigenvalue weighted by Crippen LogP contribution is 2.48. The molecule has 2 aromatic heterocycles. The predicted molar refractivity (Wildman–Crippen MR) is 115 cm³/mol. The van der Waals surface area contributed by atoms with Gasteiger partial charge in [-0.25, -0.2) is 9.97 Å². The van der Waals surface area contributed by atoms with Crippen LogP contribution < -0.4 is 5.73 Å². The molecule has 6 rings (SSSR count). The fourth-order valence-electron chi connectivity index (χ4n) is 5.41. The maximum absolute atomic E-state index is 12.9. The number of rotatable bonds is 3. The number of hydrogen-bond donors (Lipinski definition) is 1. The number of carbonyl (C=O) groups is 2. The number of nitrogens with zero attached hydrogens (tertiary/aromatic N) is 4. The van der Waals surface area contributed by atoms with Crippen molar-refractivity contribution in [3.63, 3.8) is 0 Å². The zero-order chi connectivity index (χ0) is 22.2. The number of hydrogen-bond acceptors (Lipinski definition) is 7. The first-order chi connectivity index (χ1) is 15.3. The average Bonchev–Trinajstić information content (AvgIpc) is 3.47. The summed E-state index contributed by atoms with van der Waals surface area (Å²) in [5.74, 6) is -0.919. The summed E-state index contributed by atoms with van der Waals surface area (Å²) in [6.07, 6.45) is 3.57. The lowest BCUT2D eigenvalue weighted by Crippen LogP contribution is -2.38. The number of aromatic nitrogens is 3. The minimum absolute atomic E-state index is 0.0752. The van der Waals surface area contributed by atoms with E-state index < -0.39 is 5.79 Å². The Labute approximate surface area is 184 Å². The van der Waals surface area contributed by atoms with Crippen molar-refractivity contribution in [2.75, 3.05) is 12.3 Å². The zero-order valence-electron chi connectivity index (χ0n) is 17.8. The molecule has 3 aromatic rings. The Kier molecular flexibility index (Phi) is 4.00. The van der Waals surface area contributed by atoms with Gasteiger partial charge in [-0.2, -0.15) is 0 Å². The standard InChI is InChI=1S/C23H23N5O4/c1-23(2)31-17-12(10-28-21(29)13-5-3-4-6-14(13)22(28)30)9-16(18(17)32-23)27-8-7-15-19(24)25-11-26-20(15)27/h3-8,11-12,16-18H,9-10H2,1-2H3,(H2,24,25,26)/t12-,16-,17-,18+/m1/s1. The van der Waals surface area contributed by atoms with Crippen LogP contribution >= 0.6 is 0 Å². The van der Waals surface area contributed by atoms with Crippen molar-refractivity contribution in [3.05, 3.63) is 54.0 Å². The quantitative estimate of drug-likeness (QED) is 0.631. The lowest BCUT2D eigenvalue weighted by atomic mass is 10.0. The van der Waals surface area contributed by atoms with Gasteiger partial charge in [-0.1, -0.05) is 12.1 Å². The second kappa shape index (κ2) is 6.60. The van der Waals surface area contributed by atoms with Gasteiger partial charge in [-0.3, -0.25) is 14.5 Å². The molecule has 1 aliphatic carbocycles. The molecule has 2 aliphatic heterocycles. The number of amides is 2. The Morgan fingerprint density at radius 3 is 2.47 bits per heavy atom. The Morgan fingerprint density at radius 1 is 1.06 bits per heavy atom. The van der Waals surface area contributed by atoms with Crippen molar-refractivity contribution in [1.29, 1.82) is 0 Å². The molecule has 0 unspecified atom stereocenters. The molecule has 1 saturated carbocycles. The summed E-state index contributed by atoms with van der Waals surface area (Å²) in [6.45, 7) is 4.05. The molecule has 3 aliphatic rings. The van der Waals surface area contributed by atoms with Crippen LogP contribution in [0.15, 0.2) is 42.9 Å². The van der Waals surface area contributed by atoms with Gasteiger partial charge in [0.15, 0.2) is 5.79 Å². The molecule has 1 aromatic carbocycles. The van der Waals surface area contributed by atoms with E-state index in [-0.39, 0.29) is 42.5 Å². The first-order valence-electron chi connectivity index (χ1n) is 10.7. The van der Waals surface area contributed by atoms with Crippen LogP contribution in [0.5, 0.6) is 0 Å². The molecule has 2 N–H and O–H groups in total. The van der Waals surface area contributed by atoms with Crippen molar-refractivity contribution in [2.24, 2.45) is 5.92 Å². The summed E-state index contributed by atoms with van der Waals surface area (Å²) >= 11 is 0. The van der Waals surface area contributed by atoms with Crippen LogP contribution in [0, 0.1) is 5.92 Å². The molecular formula is C23H23N5O4. The van der Waals surface area contributed by atoms with Gasteiger partial charge in [0.05, 0.1) is 28.7 Å². The van der Waals surface area contributed by atoms with Gasteiger partial charge in [0.1, 0.15) is 23.9 Å². The van der Waals surface area contributed by atoms with Gasteiger partial charge in [0, 0.05) is 18.7 Å². The molecule has 2 amide bonds. The number of fused-ring (bicyclic) bond motifs is 3. The largest absolute Gasteiger partial charge is 0.383 e. The number of ether oxygens (including phenoxy) is 2. The Hall–Kier alpha value is -3.30. The molecule has 1 saturated heterocycles. The van der Waals surface area contributed by atoms with E-state index in [2.05, 4.69) is 14.5 Å². The number of nitrogen functional groups attached to an aromatic ring is 1. The molecule has 0 bridgehead atoms. The lowest BCUT2D eigenvalue weighted by Gasteiger charge is -2.26. The molecule has 9 heteroatoms. The van der Waals surface area contributed by atoms with Crippen molar-refractivity contribution in [3.8, 4) is 0 Å².